The summed E-state index contributed by atoms with van der Waals surface area (Å²) in [5.74, 6) is -0.491. The molecule has 0 spiro atoms. The molecule has 2 rings (SSSR count). The molecule has 1 heterocycles. The van der Waals surface area contributed by atoms with E-state index in [2.05, 4.69) is 10.2 Å². The molecule has 0 aromatic rings. The maximum atomic E-state index is 12.2. The Morgan fingerprint density at radius 1 is 1.13 bits per heavy atom. The quantitative estimate of drug-likeness (QED) is 0.811. The van der Waals surface area contributed by atoms with Gasteiger partial charge in [0.25, 0.3) is 0 Å². The third kappa shape index (κ3) is 6.67. The molecule has 1 aliphatic heterocycles. The Labute approximate surface area is 135 Å². The molecule has 1 aliphatic carbocycles. The second kappa shape index (κ2) is 8.33. The molecule has 4 nitrogen and oxygen atoms in total. The number of halogens is 3. The lowest BCUT2D eigenvalue weighted by molar-refractivity contribution is -0.144. The summed E-state index contributed by atoms with van der Waals surface area (Å²) in [6, 6.07) is 0. The maximum absolute atomic E-state index is 12.2. The van der Waals surface area contributed by atoms with E-state index in [-0.39, 0.29) is 5.41 Å². The van der Waals surface area contributed by atoms with Gasteiger partial charge in [-0.05, 0) is 12.8 Å². The zero-order chi connectivity index (χ0) is 16.8. The first-order valence-electron chi connectivity index (χ1n) is 8.52. The summed E-state index contributed by atoms with van der Waals surface area (Å²) in [7, 11) is 0. The summed E-state index contributed by atoms with van der Waals surface area (Å²) < 4.78 is 42.0. The summed E-state index contributed by atoms with van der Waals surface area (Å²) in [4.78, 5) is 14.1. The molecule has 134 valence electrons. The van der Waals surface area contributed by atoms with Gasteiger partial charge < -0.3 is 10.1 Å². The third-order valence-corrected chi connectivity index (χ3v) is 4.87. The van der Waals surface area contributed by atoms with E-state index in [0.29, 0.717) is 6.54 Å². The highest BCUT2D eigenvalue weighted by atomic mass is 19.4. The summed E-state index contributed by atoms with van der Waals surface area (Å²) in [6.07, 6.45) is -0.272. The van der Waals surface area contributed by atoms with Crippen molar-refractivity contribution in [3.05, 3.63) is 0 Å². The van der Waals surface area contributed by atoms with Crippen molar-refractivity contribution in [1.82, 2.24) is 10.2 Å². The molecule has 2 fully saturated rings. The lowest BCUT2D eigenvalue weighted by Gasteiger charge is -2.42. The summed E-state index contributed by atoms with van der Waals surface area (Å²) in [5, 5.41) is 2.76. The largest absolute Gasteiger partial charge is 0.389 e. The van der Waals surface area contributed by atoms with E-state index in [0.717, 1.165) is 58.5 Å². The molecule has 7 heteroatoms. The van der Waals surface area contributed by atoms with Gasteiger partial charge in [0.2, 0.25) is 5.91 Å². The highest BCUT2D eigenvalue weighted by Crippen LogP contribution is 2.36. The fourth-order valence-electron chi connectivity index (χ4n) is 3.56. The number of hydrogen-bond donors (Lipinski definition) is 1. The van der Waals surface area contributed by atoms with Crippen LogP contribution in [0.2, 0.25) is 0 Å². The van der Waals surface area contributed by atoms with Gasteiger partial charge >= 0.3 is 6.18 Å². The Bertz CT molecular complexity index is 376. The molecular formula is C16H27F3N2O2. The van der Waals surface area contributed by atoms with Crippen LogP contribution in [0.25, 0.3) is 0 Å². The third-order valence-electron chi connectivity index (χ3n) is 4.87. The Hall–Kier alpha value is -0.820. The van der Waals surface area contributed by atoms with Crippen molar-refractivity contribution in [2.24, 2.45) is 5.41 Å². The van der Waals surface area contributed by atoms with E-state index in [1.165, 1.54) is 6.42 Å². The monoisotopic (exact) mass is 336 g/mol. The van der Waals surface area contributed by atoms with Gasteiger partial charge in [0.15, 0.2) is 0 Å². The number of amides is 1. The number of nitrogens with zero attached hydrogens (tertiary/aromatic N) is 1. The predicted molar refractivity (Wildman–Crippen MR) is 81.1 cm³/mol. The summed E-state index contributed by atoms with van der Waals surface area (Å²) in [6.45, 7) is 4.63. The van der Waals surface area contributed by atoms with Crippen molar-refractivity contribution in [2.75, 3.05) is 39.4 Å². The molecule has 1 N–H and O–H groups in total. The Morgan fingerprint density at radius 3 is 2.39 bits per heavy atom. The first-order chi connectivity index (χ1) is 10.9. The second-order valence-corrected chi connectivity index (χ2v) is 6.84. The summed E-state index contributed by atoms with van der Waals surface area (Å²) in [5.41, 5.74) is 0.00345. The maximum Gasteiger partial charge on any atom is 0.389 e. The van der Waals surface area contributed by atoms with Crippen LogP contribution in [0.1, 0.15) is 44.9 Å². The molecule has 0 bridgehead atoms. The number of carbonyl (C=O) groups excluding carboxylic acids is 1. The fourth-order valence-corrected chi connectivity index (χ4v) is 3.56. The van der Waals surface area contributed by atoms with Crippen molar-refractivity contribution >= 4 is 5.91 Å². The van der Waals surface area contributed by atoms with Gasteiger partial charge in [-0.3, -0.25) is 9.69 Å². The van der Waals surface area contributed by atoms with Crippen LogP contribution >= 0.6 is 0 Å². The molecule has 1 amide bonds. The summed E-state index contributed by atoms with van der Waals surface area (Å²) >= 11 is 0. The first kappa shape index (κ1) is 18.5. The average molecular weight is 336 g/mol. The normalized spacial score (nSPS) is 22.7. The van der Waals surface area contributed by atoms with Crippen LogP contribution < -0.4 is 5.32 Å². The van der Waals surface area contributed by atoms with Crippen LogP contribution in [0.5, 0.6) is 0 Å². The molecule has 0 radical (unpaired) electrons. The molecule has 0 aromatic heterocycles. The molecule has 0 atom stereocenters. The SMILES string of the molecule is O=C(CCC(F)(F)F)NCC1(CN2CCOCC2)CCCCC1. The van der Waals surface area contributed by atoms with Crippen molar-refractivity contribution in [1.29, 1.82) is 0 Å². The van der Waals surface area contributed by atoms with E-state index < -0.39 is 24.9 Å². The highest BCUT2D eigenvalue weighted by molar-refractivity contribution is 5.75. The molecule has 1 saturated heterocycles. The van der Waals surface area contributed by atoms with Crippen molar-refractivity contribution < 1.29 is 22.7 Å². The van der Waals surface area contributed by atoms with E-state index in [1.54, 1.807) is 0 Å². The van der Waals surface area contributed by atoms with Crippen LogP contribution in [-0.4, -0.2) is 56.4 Å². The topological polar surface area (TPSA) is 41.6 Å². The van der Waals surface area contributed by atoms with Crippen LogP contribution in [-0.2, 0) is 9.53 Å². The molecule has 2 aliphatic rings. The van der Waals surface area contributed by atoms with Crippen LogP contribution in [0, 0.1) is 5.41 Å². The van der Waals surface area contributed by atoms with Gasteiger partial charge in [-0.1, -0.05) is 19.3 Å². The number of alkyl halides is 3. The standard InChI is InChI=1S/C16H27F3N2O2/c17-16(18,19)7-4-14(22)20-12-15(5-2-1-3-6-15)13-21-8-10-23-11-9-21/h1-13H2,(H,20,22). The van der Waals surface area contributed by atoms with E-state index in [9.17, 15) is 18.0 Å². The Morgan fingerprint density at radius 2 is 1.78 bits per heavy atom. The molecule has 23 heavy (non-hydrogen) atoms. The fraction of sp³-hybridized carbons (Fsp3) is 0.938. The Kier molecular flexibility index (Phi) is 6.71. The van der Waals surface area contributed by atoms with Crippen molar-refractivity contribution in [3.63, 3.8) is 0 Å². The zero-order valence-electron chi connectivity index (χ0n) is 13.6. The van der Waals surface area contributed by atoms with Crippen LogP contribution in [0.15, 0.2) is 0 Å². The van der Waals surface area contributed by atoms with Gasteiger partial charge in [0, 0.05) is 38.0 Å². The van der Waals surface area contributed by atoms with Gasteiger partial charge in [-0.2, -0.15) is 13.2 Å². The number of morpholine rings is 1. The minimum atomic E-state index is -4.27. The van der Waals surface area contributed by atoms with Gasteiger partial charge in [0.1, 0.15) is 0 Å². The van der Waals surface area contributed by atoms with Crippen LogP contribution in [0.4, 0.5) is 13.2 Å². The van der Waals surface area contributed by atoms with Gasteiger partial charge in [0.05, 0.1) is 19.6 Å². The number of rotatable bonds is 6. The zero-order valence-corrected chi connectivity index (χ0v) is 13.6. The lowest BCUT2D eigenvalue weighted by Crippen LogP contribution is -2.49. The van der Waals surface area contributed by atoms with Gasteiger partial charge in [-0.15, -0.1) is 0 Å². The van der Waals surface area contributed by atoms with Crippen LogP contribution in [0.3, 0.4) is 0 Å². The molecular weight excluding hydrogens is 309 g/mol. The average Bonchev–Trinajstić information content (AvgIpc) is 2.52. The van der Waals surface area contributed by atoms with E-state index in [4.69, 9.17) is 4.74 Å². The first-order valence-corrected chi connectivity index (χ1v) is 8.52. The van der Waals surface area contributed by atoms with Gasteiger partial charge in [-0.25, -0.2) is 0 Å². The molecule has 0 unspecified atom stereocenters. The van der Waals surface area contributed by atoms with Crippen molar-refractivity contribution in [3.8, 4) is 0 Å². The second-order valence-electron chi connectivity index (χ2n) is 6.84. The minimum absolute atomic E-state index is 0.00345. The number of ether oxygens (including phenoxy) is 1. The van der Waals surface area contributed by atoms with E-state index in [1.807, 2.05) is 0 Å². The van der Waals surface area contributed by atoms with E-state index >= 15 is 0 Å². The molecule has 0 aromatic carbocycles. The predicted octanol–water partition coefficient (Wildman–Crippen LogP) is 2.73. The number of nitrogens with one attached hydrogen (secondary N) is 1. The highest BCUT2D eigenvalue weighted by Gasteiger charge is 2.35. The lowest BCUT2D eigenvalue weighted by atomic mass is 9.73. The smallest absolute Gasteiger partial charge is 0.379 e. The minimum Gasteiger partial charge on any atom is -0.379 e. The van der Waals surface area contributed by atoms with Crippen molar-refractivity contribution in [2.45, 2.75) is 51.1 Å². The Balaban J connectivity index is 1.83. The number of hydrogen-bond acceptors (Lipinski definition) is 3. The number of carbonyl (C=O) groups is 1. The molecule has 1 saturated carbocycles.